The zero-order valence-electron chi connectivity index (χ0n) is 12.7. The molecule has 1 N–H and O–H groups in total. The van der Waals surface area contributed by atoms with Crippen molar-refractivity contribution in [3.8, 4) is 5.82 Å². The van der Waals surface area contributed by atoms with Crippen molar-refractivity contribution in [2.45, 2.75) is 13.8 Å². The first-order valence-electron chi connectivity index (χ1n) is 7.10. The van der Waals surface area contributed by atoms with Crippen molar-refractivity contribution in [2.24, 2.45) is 0 Å². The van der Waals surface area contributed by atoms with E-state index in [1.165, 1.54) is 0 Å². The van der Waals surface area contributed by atoms with Crippen LogP contribution in [-0.4, -0.2) is 20.7 Å². The maximum atomic E-state index is 12.5. The molecule has 5 nitrogen and oxygen atoms in total. The zero-order valence-corrected chi connectivity index (χ0v) is 13.5. The molecular weight excluding hydrogens is 312 g/mol. The average molecular weight is 327 g/mol. The largest absolute Gasteiger partial charge is 0.322 e. The number of halogens is 1. The third kappa shape index (κ3) is 3.10. The summed E-state index contributed by atoms with van der Waals surface area (Å²) in [4.78, 5) is 16.8. The van der Waals surface area contributed by atoms with Crippen LogP contribution in [0.1, 0.15) is 21.6 Å². The summed E-state index contributed by atoms with van der Waals surface area (Å²) in [6.45, 7) is 3.75. The minimum atomic E-state index is -0.227. The van der Waals surface area contributed by atoms with Crippen LogP contribution in [0.15, 0.2) is 48.8 Å². The molecule has 23 heavy (non-hydrogen) atoms. The highest BCUT2D eigenvalue weighted by atomic mass is 35.5. The second-order valence-electron chi connectivity index (χ2n) is 5.16. The number of hydrogen-bond donors (Lipinski definition) is 1. The standard InChI is InChI=1S/C17H15ClN4O/c1-11-6-7-13(18)9-15(11)21-17(23)14-10-20-22(12(14)2)16-5-3-4-8-19-16/h3-10H,1-2H3,(H,21,23). The van der Waals surface area contributed by atoms with E-state index in [2.05, 4.69) is 15.4 Å². The van der Waals surface area contributed by atoms with E-state index >= 15 is 0 Å². The Morgan fingerprint density at radius 1 is 1.22 bits per heavy atom. The highest BCUT2D eigenvalue weighted by molar-refractivity contribution is 6.31. The van der Waals surface area contributed by atoms with Gasteiger partial charge in [-0.15, -0.1) is 0 Å². The van der Waals surface area contributed by atoms with E-state index in [9.17, 15) is 4.79 Å². The van der Waals surface area contributed by atoms with E-state index in [0.29, 0.717) is 22.1 Å². The summed E-state index contributed by atoms with van der Waals surface area (Å²) in [5.41, 5.74) is 2.85. The molecule has 116 valence electrons. The van der Waals surface area contributed by atoms with Gasteiger partial charge in [-0.1, -0.05) is 23.7 Å². The molecule has 0 aliphatic rings. The number of nitrogens with one attached hydrogen (secondary N) is 1. The lowest BCUT2D eigenvalue weighted by Gasteiger charge is -2.09. The van der Waals surface area contributed by atoms with Crippen LogP contribution in [-0.2, 0) is 0 Å². The van der Waals surface area contributed by atoms with Gasteiger partial charge in [-0.25, -0.2) is 9.67 Å². The Hall–Kier alpha value is -2.66. The number of amides is 1. The number of benzene rings is 1. The second-order valence-corrected chi connectivity index (χ2v) is 5.59. The van der Waals surface area contributed by atoms with Crippen LogP contribution in [0.5, 0.6) is 0 Å². The molecule has 0 saturated carbocycles. The number of carbonyl (C=O) groups is 1. The lowest BCUT2D eigenvalue weighted by molar-refractivity contribution is 0.102. The monoisotopic (exact) mass is 326 g/mol. The fourth-order valence-electron chi connectivity index (χ4n) is 2.26. The van der Waals surface area contributed by atoms with Crippen LogP contribution >= 0.6 is 11.6 Å². The molecule has 0 spiro atoms. The topological polar surface area (TPSA) is 59.8 Å². The van der Waals surface area contributed by atoms with Gasteiger partial charge in [0.2, 0.25) is 0 Å². The normalized spacial score (nSPS) is 10.6. The maximum Gasteiger partial charge on any atom is 0.259 e. The fourth-order valence-corrected chi connectivity index (χ4v) is 2.43. The van der Waals surface area contributed by atoms with E-state index in [-0.39, 0.29) is 5.91 Å². The number of rotatable bonds is 3. The Morgan fingerprint density at radius 2 is 2.04 bits per heavy atom. The predicted molar refractivity (Wildman–Crippen MR) is 90.2 cm³/mol. The first-order valence-corrected chi connectivity index (χ1v) is 7.47. The van der Waals surface area contributed by atoms with Gasteiger partial charge in [0.05, 0.1) is 17.5 Å². The van der Waals surface area contributed by atoms with Crippen molar-refractivity contribution in [1.82, 2.24) is 14.8 Å². The van der Waals surface area contributed by atoms with Crippen molar-refractivity contribution in [1.29, 1.82) is 0 Å². The fraction of sp³-hybridized carbons (Fsp3) is 0.118. The molecule has 0 fully saturated rings. The molecule has 3 aromatic rings. The third-order valence-electron chi connectivity index (χ3n) is 3.57. The van der Waals surface area contributed by atoms with E-state index < -0.39 is 0 Å². The highest BCUT2D eigenvalue weighted by Gasteiger charge is 2.16. The van der Waals surface area contributed by atoms with Crippen LogP contribution in [0.3, 0.4) is 0 Å². The summed E-state index contributed by atoms with van der Waals surface area (Å²) in [6, 6.07) is 10.9. The molecule has 0 aliphatic heterocycles. The first kappa shape index (κ1) is 15.2. The summed E-state index contributed by atoms with van der Waals surface area (Å²) >= 11 is 5.99. The number of nitrogens with zero attached hydrogens (tertiary/aromatic N) is 3. The molecule has 0 bridgehead atoms. The Balaban J connectivity index is 1.89. The van der Waals surface area contributed by atoms with Crippen LogP contribution in [0.2, 0.25) is 5.02 Å². The molecule has 3 rings (SSSR count). The molecule has 0 saturated heterocycles. The summed E-state index contributed by atoms with van der Waals surface area (Å²) in [7, 11) is 0. The summed E-state index contributed by atoms with van der Waals surface area (Å²) < 4.78 is 1.64. The lowest BCUT2D eigenvalue weighted by Crippen LogP contribution is -2.14. The Kier molecular flexibility index (Phi) is 4.12. The van der Waals surface area contributed by atoms with Gasteiger partial charge < -0.3 is 5.32 Å². The van der Waals surface area contributed by atoms with E-state index in [4.69, 9.17) is 11.6 Å². The molecule has 0 aliphatic carbocycles. The van der Waals surface area contributed by atoms with Gasteiger partial charge >= 0.3 is 0 Å². The minimum Gasteiger partial charge on any atom is -0.322 e. The second kappa shape index (κ2) is 6.22. The van der Waals surface area contributed by atoms with Crippen LogP contribution in [0.25, 0.3) is 5.82 Å². The molecule has 2 aromatic heterocycles. The average Bonchev–Trinajstić information content (AvgIpc) is 2.93. The first-order chi connectivity index (χ1) is 11.1. The number of hydrogen-bond acceptors (Lipinski definition) is 3. The van der Waals surface area contributed by atoms with Gasteiger partial charge in [0, 0.05) is 16.9 Å². The Morgan fingerprint density at radius 3 is 2.78 bits per heavy atom. The number of carbonyl (C=O) groups excluding carboxylic acids is 1. The van der Waals surface area contributed by atoms with Crippen molar-refractivity contribution in [3.05, 3.63) is 70.6 Å². The molecule has 1 amide bonds. The number of aryl methyl sites for hydroxylation is 1. The van der Waals surface area contributed by atoms with Gasteiger partial charge in [-0.3, -0.25) is 4.79 Å². The minimum absolute atomic E-state index is 0.227. The molecule has 6 heteroatoms. The maximum absolute atomic E-state index is 12.5. The SMILES string of the molecule is Cc1ccc(Cl)cc1NC(=O)c1cnn(-c2ccccn2)c1C. The van der Waals surface area contributed by atoms with Crippen LogP contribution in [0.4, 0.5) is 5.69 Å². The molecular formula is C17H15ClN4O. The molecule has 1 aromatic carbocycles. The summed E-state index contributed by atoms with van der Waals surface area (Å²) in [6.07, 6.45) is 3.23. The van der Waals surface area contributed by atoms with E-state index in [0.717, 1.165) is 11.3 Å². The van der Waals surface area contributed by atoms with Gasteiger partial charge in [0.1, 0.15) is 0 Å². The van der Waals surface area contributed by atoms with Crippen LogP contribution in [0, 0.1) is 13.8 Å². The van der Waals surface area contributed by atoms with Gasteiger partial charge in [-0.2, -0.15) is 5.10 Å². The zero-order chi connectivity index (χ0) is 16.4. The van der Waals surface area contributed by atoms with Gasteiger partial charge in [-0.05, 0) is 43.7 Å². The quantitative estimate of drug-likeness (QED) is 0.796. The number of anilines is 1. The van der Waals surface area contributed by atoms with Crippen molar-refractivity contribution in [3.63, 3.8) is 0 Å². The summed E-state index contributed by atoms with van der Waals surface area (Å²) in [5.74, 6) is 0.443. The molecule has 0 atom stereocenters. The summed E-state index contributed by atoms with van der Waals surface area (Å²) in [5, 5.41) is 7.71. The van der Waals surface area contributed by atoms with Gasteiger partial charge in [0.25, 0.3) is 5.91 Å². The van der Waals surface area contributed by atoms with E-state index in [1.807, 2.05) is 38.1 Å². The highest BCUT2D eigenvalue weighted by Crippen LogP contribution is 2.21. The Bertz CT molecular complexity index is 858. The molecule has 0 radical (unpaired) electrons. The molecule has 0 unspecified atom stereocenters. The predicted octanol–water partition coefficient (Wildman–Crippen LogP) is 3.79. The van der Waals surface area contributed by atoms with Gasteiger partial charge in [0.15, 0.2) is 5.82 Å². The van der Waals surface area contributed by atoms with Crippen molar-refractivity contribution in [2.75, 3.05) is 5.32 Å². The third-order valence-corrected chi connectivity index (χ3v) is 3.80. The number of pyridine rings is 1. The van der Waals surface area contributed by atoms with Crippen molar-refractivity contribution >= 4 is 23.2 Å². The molecule has 2 heterocycles. The Labute approximate surface area is 138 Å². The van der Waals surface area contributed by atoms with E-state index in [1.54, 1.807) is 29.2 Å². The number of aromatic nitrogens is 3. The smallest absolute Gasteiger partial charge is 0.259 e. The van der Waals surface area contributed by atoms with Crippen molar-refractivity contribution < 1.29 is 4.79 Å². The van der Waals surface area contributed by atoms with Crippen LogP contribution < -0.4 is 5.32 Å². The lowest BCUT2D eigenvalue weighted by atomic mass is 10.2.